The molecule has 1 N–H and O–H groups in total. The minimum atomic E-state index is 0.752. The van der Waals surface area contributed by atoms with Gasteiger partial charge in [0.2, 0.25) is 0 Å². The van der Waals surface area contributed by atoms with E-state index in [4.69, 9.17) is 5.11 Å². The molecule has 0 aliphatic rings. The van der Waals surface area contributed by atoms with Crippen LogP contribution in [0.15, 0.2) is 37.0 Å². The van der Waals surface area contributed by atoms with Crippen LogP contribution in [0.2, 0.25) is 0 Å². The number of hydrogen-bond donors (Lipinski definition) is 1. The van der Waals surface area contributed by atoms with E-state index in [1.54, 1.807) is 0 Å². The molecule has 0 aromatic heterocycles. The standard InChI is InChI=1S/2C19H38.C13H26.3C2H6.C2H2.CH4O/c2*1-3-5-7-9-11-13-15-17-19-18-16-14-12-10-8-6-4-2;1-5-9-10-11-13(8-4)12(6-2)7-3;5*1-2/h17,19H,3-16,18H2,1-2H3;15,17H,3-14,16,18-19H2,1-2H3;6,12-13H,2,5,7-11H2,1,3-4H3;3*1-2H3;1-2H;2H,1H3/b19-17-;17-15+;;;;;;. The van der Waals surface area contributed by atoms with Crippen molar-refractivity contribution in [2.24, 2.45) is 11.8 Å². The van der Waals surface area contributed by atoms with Crippen LogP contribution >= 0.6 is 0 Å². The molecule has 0 fully saturated rings. The lowest BCUT2D eigenvalue weighted by molar-refractivity contribution is 0.338. The summed E-state index contributed by atoms with van der Waals surface area (Å²) in [4.78, 5) is 0. The van der Waals surface area contributed by atoms with Crippen molar-refractivity contribution in [1.82, 2.24) is 0 Å². The Morgan fingerprint density at radius 1 is 0.344 bits per heavy atom. The number of terminal acetylenes is 1. The van der Waals surface area contributed by atoms with Crippen molar-refractivity contribution in [2.75, 3.05) is 7.11 Å². The zero-order chi connectivity index (χ0) is 48.1. The van der Waals surface area contributed by atoms with Crippen LogP contribution in [0.5, 0.6) is 0 Å². The third kappa shape index (κ3) is 90.4. The van der Waals surface area contributed by atoms with Gasteiger partial charge in [-0.05, 0) is 76.0 Å². The van der Waals surface area contributed by atoms with Crippen LogP contribution in [0.3, 0.4) is 0 Å². The summed E-state index contributed by atoms with van der Waals surface area (Å²) in [5, 5.41) is 7.00. The summed E-state index contributed by atoms with van der Waals surface area (Å²) in [5.74, 6) is 1.64. The molecule has 0 saturated heterocycles. The molecule has 0 radical (unpaired) electrons. The first-order chi connectivity index (χ1) is 30.1. The number of allylic oxidation sites excluding steroid dienone is 5. The molecular weight excluding hydrogens is 737 g/mol. The second-order valence-corrected chi connectivity index (χ2v) is 15.8. The van der Waals surface area contributed by atoms with Gasteiger partial charge in [-0.25, -0.2) is 0 Å². The average molecular weight is 864 g/mol. The molecule has 0 aromatic carbocycles. The van der Waals surface area contributed by atoms with Gasteiger partial charge in [0.25, 0.3) is 0 Å². The van der Waals surface area contributed by atoms with Gasteiger partial charge in [-0.3, -0.25) is 0 Å². The third-order valence-electron chi connectivity index (χ3n) is 10.8. The van der Waals surface area contributed by atoms with Crippen LogP contribution in [-0.2, 0) is 0 Å². The summed E-state index contributed by atoms with van der Waals surface area (Å²) >= 11 is 0. The van der Waals surface area contributed by atoms with Crippen molar-refractivity contribution in [3.63, 3.8) is 0 Å². The fourth-order valence-electron chi connectivity index (χ4n) is 7.06. The second-order valence-electron chi connectivity index (χ2n) is 15.8. The van der Waals surface area contributed by atoms with E-state index in [0.717, 1.165) is 18.9 Å². The molecule has 61 heavy (non-hydrogen) atoms. The van der Waals surface area contributed by atoms with Crippen molar-refractivity contribution in [1.29, 1.82) is 0 Å². The highest BCUT2D eigenvalue weighted by Gasteiger charge is 2.14. The summed E-state index contributed by atoms with van der Waals surface area (Å²) in [5.41, 5.74) is 0. The van der Waals surface area contributed by atoms with Gasteiger partial charge >= 0.3 is 0 Å². The molecule has 0 amide bonds. The van der Waals surface area contributed by atoms with E-state index >= 15 is 0 Å². The van der Waals surface area contributed by atoms with Crippen LogP contribution in [-0.4, -0.2) is 12.2 Å². The molecule has 0 spiro atoms. The van der Waals surface area contributed by atoms with E-state index in [1.165, 1.54) is 231 Å². The Hall–Kier alpha value is -1.26. The summed E-state index contributed by atoms with van der Waals surface area (Å²) in [6.07, 6.45) is 70.1. The Morgan fingerprint density at radius 2 is 0.557 bits per heavy atom. The third-order valence-corrected chi connectivity index (χ3v) is 10.8. The first-order valence-electron chi connectivity index (χ1n) is 27.8. The van der Waals surface area contributed by atoms with Crippen molar-refractivity contribution >= 4 is 0 Å². The van der Waals surface area contributed by atoms with E-state index in [1.807, 2.05) is 41.5 Å². The zero-order valence-electron chi connectivity index (χ0n) is 45.8. The van der Waals surface area contributed by atoms with Crippen LogP contribution in [0, 0.1) is 24.7 Å². The topological polar surface area (TPSA) is 20.2 Å². The van der Waals surface area contributed by atoms with E-state index in [-0.39, 0.29) is 0 Å². The molecule has 0 saturated carbocycles. The minimum Gasteiger partial charge on any atom is -0.400 e. The first-order valence-corrected chi connectivity index (χ1v) is 27.8. The second kappa shape index (κ2) is 93.6. The molecule has 2 unspecified atom stereocenters. The van der Waals surface area contributed by atoms with Crippen molar-refractivity contribution < 1.29 is 5.11 Å². The molecule has 372 valence electrons. The highest BCUT2D eigenvalue weighted by atomic mass is 16.2. The van der Waals surface area contributed by atoms with Crippen molar-refractivity contribution in [3.05, 3.63) is 37.0 Å². The lowest BCUT2D eigenvalue weighted by atomic mass is 9.84. The van der Waals surface area contributed by atoms with Gasteiger partial charge in [0.1, 0.15) is 0 Å². The molecule has 0 aliphatic carbocycles. The minimum absolute atomic E-state index is 0.752. The Kier molecular flexibility index (Phi) is 118. The van der Waals surface area contributed by atoms with Crippen molar-refractivity contribution in [3.8, 4) is 12.8 Å². The Bertz CT molecular complexity index is 672. The Labute approximate surface area is 393 Å². The molecular formula is C60H126O. The molecule has 2 atom stereocenters. The number of unbranched alkanes of at least 4 members (excludes halogenated alkanes) is 28. The predicted octanol–water partition coefficient (Wildman–Crippen LogP) is 22.6. The van der Waals surface area contributed by atoms with Gasteiger partial charge in [0, 0.05) is 7.11 Å². The van der Waals surface area contributed by atoms with Crippen LogP contribution < -0.4 is 0 Å². The molecule has 0 bridgehead atoms. The number of hydrogen-bond acceptors (Lipinski definition) is 1. The fraction of sp³-hybridized carbons (Fsp3) is 0.867. The zero-order valence-corrected chi connectivity index (χ0v) is 45.8. The smallest absolute Gasteiger partial charge is 0.0319 e. The maximum Gasteiger partial charge on any atom is 0.0319 e. The largest absolute Gasteiger partial charge is 0.400 e. The maximum atomic E-state index is 7.00. The average Bonchev–Trinajstić information content (AvgIpc) is 3.32. The van der Waals surface area contributed by atoms with Gasteiger partial charge in [-0.2, -0.15) is 0 Å². The highest BCUT2D eigenvalue weighted by Crippen LogP contribution is 2.25. The number of rotatable bonds is 38. The monoisotopic (exact) mass is 863 g/mol. The number of aliphatic hydroxyl groups is 1. The summed E-state index contributed by atoms with van der Waals surface area (Å²) in [6, 6.07) is 0. The summed E-state index contributed by atoms with van der Waals surface area (Å²) in [6.45, 7) is 31.9. The molecule has 1 nitrogen and oxygen atoms in total. The van der Waals surface area contributed by atoms with Gasteiger partial charge < -0.3 is 5.11 Å². The summed E-state index contributed by atoms with van der Waals surface area (Å²) in [7, 11) is 1.00. The highest BCUT2D eigenvalue weighted by molar-refractivity contribution is 4.83. The first kappa shape index (κ1) is 77.0. The van der Waals surface area contributed by atoms with Gasteiger partial charge in [-0.15, -0.1) is 19.4 Å². The van der Waals surface area contributed by atoms with Crippen molar-refractivity contribution in [2.45, 2.75) is 321 Å². The summed E-state index contributed by atoms with van der Waals surface area (Å²) < 4.78 is 0. The Morgan fingerprint density at radius 3 is 0.754 bits per heavy atom. The molecule has 0 heterocycles. The molecule has 0 rings (SSSR count). The van der Waals surface area contributed by atoms with Gasteiger partial charge in [0.15, 0.2) is 0 Å². The van der Waals surface area contributed by atoms with E-state index in [2.05, 4.69) is 98.3 Å². The maximum absolute atomic E-state index is 7.00. The SMILES string of the molecule is C#C.C=CC(CC)C(CC)CCCCC.CC.CC.CC.CCCCCCC/C=C/CCCCCCCCCC.CCCCCCCC/C=C\CCCCCCCCC.CO. The lowest BCUT2D eigenvalue weighted by Gasteiger charge is -2.21. The quantitative estimate of drug-likeness (QED) is 0.0372. The number of aliphatic hydroxyl groups excluding tert-OH is 1. The van der Waals surface area contributed by atoms with E-state index in [9.17, 15) is 0 Å². The van der Waals surface area contributed by atoms with E-state index < -0.39 is 0 Å². The van der Waals surface area contributed by atoms with Crippen LogP contribution in [0.25, 0.3) is 0 Å². The Balaban J connectivity index is -0.000000105. The van der Waals surface area contributed by atoms with Gasteiger partial charge in [0.05, 0.1) is 0 Å². The molecule has 0 aliphatic heterocycles. The predicted molar refractivity (Wildman–Crippen MR) is 293 cm³/mol. The molecule has 1 heteroatoms. The fourth-order valence-corrected chi connectivity index (χ4v) is 7.06. The lowest BCUT2D eigenvalue weighted by Crippen LogP contribution is -2.10. The molecule has 0 aromatic rings. The normalized spacial score (nSPS) is 10.8. The van der Waals surface area contributed by atoms with Gasteiger partial charge in [-0.1, -0.05) is 287 Å². The van der Waals surface area contributed by atoms with E-state index in [0.29, 0.717) is 0 Å². The van der Waals surface area contributed by atoms with Crippen LogP contribution in [0.1, 0.15) is 321 Å². The van der Waals surface area contributed by atoms with Crippen LogP contribution in [0.4, 0.5) is 0 Å².